The highest BCUT2D eigenvalue weighted by Crippen LogP contribution is 2.08. The third-order valence-corrected chi connectivity index (χ3v) is 1.75. The third-order valence-electron chi connectivity index (χ3n) is 1.75. The summed E-state index contributed by atoms with van der Waals surface area (Å²) in [4.78, 5) is 11.2. The van der Waals surface area contributed by atoms with Gasteiger partial charge in [0.05, 0.1) is 7.85 Å². The maximum atomic E-state index is 11.2. The van der Waals surface area contributed by atoms with E-state index in [9.17, 15) is 10.0 Å². The molecule has 0 amide bonds. The molecule has 0 saturated carbocycles. The van der Waals surface area contributed by atoms with Gasteiger partial charge in [0.25, 0.3) is 0 Å². The Balaban J connectivity index is 2.84. The van der Waals surface area contributed by atoms with Crippen LogP contribution in [0.3, 0.4) is 0 Å². The fraction of sp³-hybridized carbons (Fsp3) is 0.222. The van der Waals surface area contributed by atoms with Crippen LogP contribution in [-0.2, 0) is 6.54 Å². The van der Waals surface area contributed by atoms with Gasteiger partial charge in [0.15, 0.2) is 5.78 Å². The van der Waals surface area contributed by atoms with Crippen LogP contribution in [0.2, 0.25) is 6.32 Å². The second-order valence-electron chi connectivity index (χ2n) is 2.84. The summed E-state index contributed by atoms with van der Waals surface area (Å²) < 4.78 is 0. The van der Waals surface area contributed by atoms with Crippen molar-refractivity contribution >= 4 is 13.6 Å². The molecular formula is C9H9BNO3-. The molecular weight excluding hydrogens is 181 g/mol. The number of hydrogen-bond acceptors (Lipinski definition) is 4. The summed E-state index contributed by atoms with van der Waals surface area (Å²) >= 11 is 0. The van der Waals surface area contributed by atoms with E-state index in [2.05, 4.69) is 0 Å². The van der Waals surface area contributed by atoms with Crippen molar-refractivity contribution in [1.29, 1.82) is 0 Å². The molecule has 1 aromatic carbocycles. The van der Waals surface area contributed by atoms with Gasteiger partial charge < -0.3 is 10.4 Å². The molecule has 0 saturated heterocycles. The molecule has 72 valence electrons. The van der Waals surface area contributed by atoms with E-state index >= 15 is 0 Å². The van der Waals surface area contributed by atoms with Crippen molar-refractivity contribution in [3.63, 3.8) is 0 Å². The summed E-state index contributed by atoms with van der Waals surface area (Å²) in [6, 6.07) is 6.44. The van der Waals surface area contributed by atoms with Crippen molar-refractivity contribution in [2.24, 2.45) is 0 Å². The second kappa shape index (κ2) is 4.90. The van der Waals surface area contributed by atoms with E-state index in [0.717, 1.165) is 0 Å². The fourth-order valence-electron chi connectivity index (χ4n) is 1.12. The molecule has 0 heterocycles. The number of rotatable bonds is 4. The SMILES string of the molecule is [B]CC(=O)c1cccc(CN([O-])O)c1. The fourth-order valence-corrected chi connectivity index (χ4v) is 1.12. The van der Waals surface area contributed by atoms with Gasteiger partial charge in [-0.2, -0.15) is 0 Å². The van der Waals surface area contributed by atoms with Crippen molar-refractivity contribution in [2.75, 3.05) is 0 Å². The lowest BCUT2D eigenvalue weighted by atomic mass is 9.95. The lowest BCUT2D eigenvalue weighted by molar-refractivity contribution is -0.0488. The molecule has 0 aromatic heterocycles. The normalized spacial score (nSPS) is 10.5. The standard InChI is InChI=1S/C9H9BNO3/c10-5-9(12)8-3-1-2-7(4-8)6-11(13)14/h1-4,13H,5-6H2/q-1. The molecule has 5 heteroatoms. The van der Waals surface area contributed by atoms with E-state index in [4.69, 9.17) is 13.1 Å². The number of nitrogens with zero attached hydrogens (tertiary/aromatic N) is 1. The Morgan fingerprint density at radius 1 is 1.57 bits per heavy atom. The number of Topliss-reactive ketones (excluding diaryl/α,β-unsaturated/α-hetero) is 1. The van der Waals surface area contributed by atoms with E-state index in [0.29, 0.717) is 11.1 Å². The smallest absolute Gasteiger partial charge is 0.154 e. The van der Waals surface area contributed by atoms with Crippen molar-refractivity contribution in [3.8, 4) is 0 Å². The number of benzene rings is 1. The van der Waals surface area contributed by atoms with E-state index in [1.807, 2.05) is 0 Å². The zero-order chi connectivity index (χ0) is 10.6. The molecule has 14 heavy (non-hydrogen) atoms. The molecule has 1 aromatic rings. The van der Waals surface area contributed by atoms with Crippen LogP contribution < -0.4 is 0 Å². The largest absolute Gasteiger partial charge is 0.762 e. The van der Waals surface area contributed by atoms with E-state index < -0.39 is 0 Å². The molecule has 0 atom stereocenters. The van der Waals surface area contributed by atoms with Gasteiger partial charge in [0.2, 0.25) is 0 Å². The van der Waals surface area contributed by atoms with Crippen LogP contribution in [0, 0.1) is 5.21 Å². The van der Waals surface area contributed by atoms with Crippen LogP contribution in [0.5, 0.6) is 0 Å². The first-order valence-electron chi connectivity index (χ1n) is 4.09. The van der Waals surface area contributed by atoms with Crippen molar-refractivity contribution in [2.45, 2.75) is 12.9 Å². The number of hydroxylamine groups is 2. The summed E-state index contributed by atoms with van der Waals surface area (Å²) in [5.74, 6) is -0.192. The minimum Gasteiger partial charge on any atom is -0.762 e. The Labute approximate surface area is 83.1 Å². The van der Waals surface area contributed by atoms with Crippen LogP contribution >= 0.6 is 0 Å². The van der Waals surface area contributed by atoms with Gasteiger partial charge in [0, 0.05) is 12.1 Å². The van der Waals surface area contributed by atoms with Gasteiger partial charge in [-0.1, -0.05) is 18.2 Å². The van der Waals surface area contributed by atoms with E-state index in [1.165, 1.54) is 6.07 Å². The molecule has 1 N–H and O–H groups in total. The molecule has 2 radical (unpaired) electrons. The number of carbonyl (C=O) groups excluding carboxylic acids is 1. The first kappa shape index (κ1) is 10.9. The predicted octanol–water partition coefficient (Wildman–Crippen LogP) is 1.15. The van der Waals surface area contributed by atoms with Crippen LogP contribution in [0.25, 0.3) is 0 Å². The third kappa shape index (κ3) is 2.95. The quantitative estimate of drug-likeness (QED) is 0.439. The maximum absolute atomic E-state index is 11.2. The van der Waals surface area contributed by atoms with Crippen molar-refractivity contribution in [3.05, 3.63) is 40.6 Å². The summed E-state index contributed by atoms with van der Waals surface area (Å²) in [6.07, 6.45) is -0.0658. The van der Waals surface area contributed by atoms with Gasteiger partial charge in [0.1, 0.15) is 0 Å². The zero-order valence-corrected chi connectivity index (χ0v) is 7.51. The first-order valence-corrected chi connectivity index (χ1v) is 4.09. The lowest BCUT2D eigenvalue weighted by Crippen LogP contribution is -2.10. The number of carbonyl (C=O) groups is 1. The highest BCUT2D eigenvalue weighted by molar-refractivity contribution is 6.23. The van der Waals surface area contributed by atoms with Gasteiger partial charge in [-0.25, -0.2) is 0 Å². The zero-order valence-electron chi connectivity index (χ0n) is 7.51. The highest BCUT2D eigenvalue weighted by Gasteiger charge is 2.02. The van der Waals surface area contributed by atoms with Gasteiger partial charge in [-0.05, 0) is 17.9 Å². The summed E-state index contributed by atoms with van der Waals surface area (Å²) in [7, 11) is 5.18. The second-order valence-corrected chi connectivity index (χ2v) is 2.84. The highest BCUT2D eigenvalue weighted by atomic mass is 16.8. The monoisotopic (exact) mass is 190 g/mol. The van der Waals surface area contributed by atoms with Gasteiger partial charge in [-0.3, -0.25) is 10.0 Å². The number of hydrogen-bond donors (Lipinski definition) is 1. The van der Waals surface area contributed by atoms with Crippen LogP contribution in [-0.4, -0.2) is 24.1 Å². The molecule has 0 aliphatic carbocycles. The predicted molar refractivity (Wildman–Crippen MR) is 52.0 cm³/mol. The topological polar surface area (TPSA) is 63.6 Å². The number of ketones is 1. The molecule has 0 spiro atoms. The molecule has 0 aliphatic heterocycles. The van der Waals surface area contributed by atoms with Crippen LogP contribution in [0.4, 0.5) is 0 Å². The Bertz CT molecular complexity index is 328. The van der Waals surface area contributed by atoms with Crippen LogP contribution in [0.1, 0.15) is 15.9 Å². The molecule has 4 nitrogen and oxygen atoms in total. The summed E-state index contributed by atoms with van der Waals surface area (Å²) in [5.41, 5.74) is 1.02. The average molecular weight is 190 g/mol. The van der Waals surface area contributed by atoms with Gasteiger partial charge >= 0.3 is 0 Å². The molecule has 0 unspecified atom stereocenters. The van der Waals surface area contributed by atoms with Crippen molar-refractivity contribution in [1.82, 2.24) is 5.23 Å². The average Bonchev–Trinajstić information content (AvgIpc) is 2.16. The molecule has 1 rings (SSSR count). The van der Waals surface area contributed by atoms with Crippen LogP contribution in [0.15, 0.2) is 24.3 Å². The minimum atomic E-state index is -0.192. The van der Waals surface area contributed by atoms with E-state index in [-0.39, 0.29) is 23.9 Å². The minimum absolute atomic E-state index is 0.0658. The Morgan fingerprint density at radius 2 is 2.29 bits per heavy atom. The molecule has 0 bridgehead atoms. The molecule has 0 fully saturated rings. The summed E-state index contributed by atoms with van der Waals surface area (Å²) in [6.45, 7) is -0.161. The Hall–Kier alpha value is -1.17. The molecule has 0 aliphatic rings. The maximum Gasteiger partial charge on any atom is 0.154 e. The Morgan fingerprint density at radius 3 is 2.86 bits per heavy atom. The summed E-state index contributed by atoms with van der Waals surface area (Å²) in [5, 5.41) is 18.6. The first-order chi connectivity index (χ1) is 6.63. The van der Waals surface area contributed by atoms with Crippen molar-refractivity contribution < 1.29 is 10.0 Å². The lowest BCUT2D eigenvalue weighted by Gasteiger charge is -2.19. The van der Waals surface area contributed by atoms with Gasteiger partial charge in [-0.15, -0.1) is 0 Å². The van der Waals surface area contributed by atoms with E-state index in [1.54, 1.807) is 18.2 Å². The Kier molecular flexibility index (Phi) is 3.82.